The van der Waals surface area contributed by atoms with E-state index >= 15 is 0 Å². The Balaban J connectivity index is 2.25. The molecule has 0 radical (unpaired) electrons. The van der Waals surface area contributed by atoms with Crippen molar-refractivity contribution in [3.05, 3.63) is 30.0 Å². The molecule has 1 N–H and O–H groups in total. The van der Waals surface area contributed by atoms with E-state index in [2.05, 4.69) is 10.2 Å². The fourth-order valence-electron chi connectivity index (χ4n) is 1.99. The number of fused-ring (bicyclic) bond motifs is 1. The average Bonchev–Trinajstić information content (AvgIpc) is 2.83. The van der Waals surface area contributed by atoms with Gasteiger partial charge in [0.15, 0.2) is 0 Å². The third-order valence-electron chi connectivity index (χ3n) is 2.84. The first kappa shape index (κ1) is 14.4. The average molecular weight is 285 g/mol. The van der Waals surface area contributed by atoms with Crippen LogP contribution < -0.4 is 0 Å². The van der Waals surface area contributed by atoms with Crippen LogP contribution in [0.1, 0.15) is 23.7 Å². The quantitative estimate of drug-likeness (QED) is 0.938. The summed E-state index contributed by atoms with van der Waals surface area (Å²) in [5, 5.41) is 7.31. The molecule has 0 aliphatic rings. The molecule has 0 saturated heterocycles. The third-order valence-corrected chi connectivity index (χ3v) is 2.84. The van der Waals surface area contributed by atoms with Crippen molar-refractivity contribution in [1.82, 2.24) is 15.1 Å². The monoisotopic (exact) mass is 285 g/mol. The summed E-state index contributed by atoms with van der Waals surface area (Å²) in [6.45, 7) is 0.564. The van der Waals surface area contributed by atoms with Crippen LogP contribution in [0.3, 0.4) is 0 Å². The van der Waals surface area contributed by atoms with Gasteiger partial charge in [0, 0.05) is 17.5 Å². The van der Waals surface area contributed by atoms with Crippen molar-refractivity contribution >= 4 is 16.8 Å². The van der Waals surface area contributed by atoms with Crippen LogP contribution in [0.5, 0.6) is 0 Å². The number of alkyl halides is 3. The smallest absolute Gasteiger partial charge is 0.330 e. The Kier molecular flexibility index (Phi) is 3.96. The number of carbonyl (C=O) groups excluding carboxylic acids is 1. The maximum absolute atomic E-state index is 12.5. The topological polar surface area (TPSA) is 49.0 Å². The molecule has 0 aliphatic carbocycles. The van der Waals surface area contributed by atoms with Gasteiger partial charge in [-0.3, -0.25) is 9.89 Å². The molecular weight excluding hydrogens is 271 g/mol. The van der Waals surface area contributed by atoms with Gasteiger partial charge in [-0.05, 0) is 18.6 Å². The van der Waals surface area contributed by atoms with E-state index in [9.17, 15) is 18.0 Å². The Morgan fingerprint density at radius 2 is 2.15 bits per heavy atom. The molecule has 0 atom stereocenters. The Morgan fingerprint density at radius 1 is 1.40 bits per heavy atom. The molecule has 7 heteroatoms. The molecule has 108 valence electrons. The SMILES string of the molecule is CCCN(CC(F)(F)F)C(=O)c1ccc2cn[nH]c2c1. The Labute approximate surface area is 113 Å². The summed E-state index contributed by atoms with van der Waals surface area (Å²) in [6.07, 6.45) is -2.35. The lowest BCUT2D eigenvalue weighted by Crippen LogP contribution is -2.39. The highest BCUT2D eigenvalue weighted by molar-refractivity contribution is 5.97. The number of amides is 1. The number of nitrogens with zero attached hydrogens (tertiary/aromatic N) is 2. The highest BCUT2D eigenvalue weighted by Gasteiger charge is 2.33. The second kappa shape index (κ2) is 5.52. The molecule has 0 unspecified atom stereocenters. The van der Waals surface area contributed by atoms with Gasteiger partial charge in [-0.1, -0.05) is 13.0 Å². The van der Waals surface area contributed by atoms with Crippen molar-refractivity contribution in [2.24, 2.45) is 0 Å². The summed E-state index contributed by atoms with van der Waals surface area (Å²) < 4.78 is 37.5. The van der Waals surface area contributed by atoms with Gasteiger partial charge in [0.2, 0.25) is 0 Å². The zero-order chi connectivity index (χ0) is 14.8. The number of halogens is 3. The van der Waals surface area contributed by atoms with Crippen molar-refractivity contribution in [3.63, 3.8) is 0 Å². The second-order valence-corrected chi connectivity index (χ2v) is 4.51. The molecule has 0 aliphatic heterocycles. The number of carbonyl (C=O) groups is 1. The van der Waals surface area contributed by atoms with Crippen molar-refractivity contribution in [2.45, 2.75) is 19.5 Å². The number of aromatic amines is 1. The lowest BCUT2D eigenvalue weighted by atomic mass is 10.1. The molecule has 20 heavy (non-hydrogen) atoms. The number of aromatic nitrogens is 2. The van der Waals surface area contributed by atoms with Crippen LogP contribution in [0.15, 0.2) is 24.4 Å². The molecule has 1 amide bonds. The third kappa shape index (κ3) is 3.28. The van der Waals surface area contributed by atoms with Gasteiger partial charge in [-0.15, -0.1) is 0 Å². The molecule has 0 bridgehead atoms. The number of hydrogen-bond donors (Lipinski definition) is 1. The number of rotatable bonds is 4. The molecule has 2 rings (SSSR count). The highest BCUT2D eigenvalue weighted by Crippen LogP contribution is 2.20. The van der Waals surface area contributed by atoms with E-state index in [4.69, 9.17) is 0 Å². The van der Waals surface area contributed by atoms with E-state index in [0.29, 0.717) is 11.9 Å². The molecule has 0 fully saturated rings. The van der Waals surface area contributed by atoms with E-state index in [1.165, 1.54) is 12.1 Å². The predicted octanol–water partition coefficient (Wildman–Crippen LogP) is 2.98. The zero-order valence-corrected chi connectivity index (χ0v) is 10.9. The van der Waals surface area contributed by atoms with Gasteiger partial charge in [-0.2, -0.15) is 18.3 Å². The van der Waals surface area contributed by atoms with Crippen molar-refractivity contribution in [3.8, 4) is 0 Å². The minimum atomic E-state index is -4.40. The summed E-state index contributed by atoms with van der Waals surface area (Å²) in [4.78, 5) is 13.0. The second-order valence-electron chi connectivity index (χ2n) is 4.51. The standard InChI is InChI=1S/C13H14F3N3O/c1-2-5-19(8-13(14,15)16)12(20)9-3-4-10-7-17-18-11(10)6-9/h3-4,6-7H,2,5,8H2,1H3,(H,17,18). The van der Waals surface area contributed by atoms with E-state index in [1.807, 2.05) is 0 Å². The van der Waals surface area contributed by atoms with Crippen LogP contribution in [0.2, 0.25) is 0 Å². The number of nitrogens with one attached hydrogen (secondary N) is 1. The fourth-order valence-corrected chi connectivity index (χ4v) is 1.99. The molecular formula is C13H14F3N3O. The first-order valence-electron chi connectivity index (χ1n) is 6.20. The zero-order valence-electron chi connectivity index (χ0n) is 10.9. The Hall–Kier alpha value is -2.05. The maximum atomic E-state index is 12.5. The molecule has 1 aromatic carbocycles. The minimum Gasteiger partial charge on any atom is -0.330 e. The van der Waals surface area contributed by atoms with E-state index in [0.717, 1.165) is 10.3 Å². The normalized spacial score (nSPS) is 11.8. The van der Waals surface area contributed by atoms with E-state index in [1.54, 1.807) is 19.2 Å². The molecule has 4 nitrogen and oxygen atoms in total. The Bertz CT molecular complexity index is 606. The first-order valence-corrected chi connectivity index (χ1v) is 6.20. The summed E-state index contributed by atoms with van der Waals surface area (Å²) in [7, 11) is 0. The molecule has 0 saturated carbocycles. The van der Waals surface area contributed by atoms with Crippen LogP contribution in [0, 0.1) is 0 Å². The number of H-pyrrole nitrogens is 1. The van der Waals surface area contributed by atoms with Gasteiger partial charge in [0.1, 0.15) is 6.54 Å². The summed E-state index contributed by atoms with van der Waals surface area (Å²) in [6, 6.07) is 4.69. The van der Waals surface area contributed by atoms with Gasteiger partial charge < -0.3 is 4.90 Å². The van der Waals surface area contributed by atoms with Gasteiger partial charge in [-0.25, -0.2) is 0 Å². The lowest BCUT2D eigenvalue weighted by Gasteiger charge is -2.23. The first-order chi connectivity index (χ1) is 9.40. The predicted molar refractivity (Wildman–Crippen MR) is 68.3 cm³/mol. The maximum Gasteiger partial charge on any atom is 0.406 e. The van der Waals surface area contributed by atoms with Gasteiger partial charge in [0.05, 0.1) is 11.7 Å². The van der Waals surface area contributed by atoms with Gasteiger partial charge in [0.25, 0.3) is 5.91 Å². The summed E-state index contributed by atoms with van der Waals surface area (Å²) in [5.74, 6) is -0.624. The molecule has 2 aromatic rings. The molecule has 0 spiro atoms. The van der Waals surface area contributed by atoms with Crippen molar-refractivity contribution in [1.29, 1.82) is 0 Å². The largest absolute Gasteiger partial charge is 0.406 e. The number of hydrogen-bond acceptors (Lipinski definition) is 2. The van der Waals surface area contributed by atoms with Gasteiger partial charge >= 0.3 is 6.18 Å². The van der Waals surface area contributed by atoms with Crippen LogP contribution >= 0.6 is 0 Å². The minimum absolute atomic E-state index is 0.0688. The Morgan fingerprint density at radius 3 is 2.80 bits per heavy atom. The lowest BCUT2D eigenvalue weighted by molar-refractivity contribution is -0.140. The van der Waals surface area contributed by atoms with Crippen molar-refractivity contribution < 1.29 is 18.0 Å². The van der Waals surface area contributed by atoms with Crippen LogP contribution in [0.4, 0.5) is 13.2 Å². The van der Waals surface area contributed by atoms with Crippen molar-refractivity contribution in [2.75, 3.05) is 13.1 Å². The number of benzene rings is 1. The van der Waals surface area contributed by atoms with E-state index in [-0.39, 0.29) is 12.1 Å². The summed E-state index contributed by atoms with van der Waals surface area (Å²) in [5.41, 5.74) is 0.846. The van der Waals surface area contributed by atoms with Crippen LogP contribution in [0.25, 0.3) is 10.9 Å². The van der Waals surface area contributed by atoms with E-state index < -0.39 is 18.6 Å². The van der Waals surface area contributed by atoms with Crippen LogP contribution in [-0.4, -0.2) is 40.3 Å². The highest BCUT2D eigenvalue weighted by atomic mass is 19.4. The summed E-state index contributed by atoms with van der Waals surface area (Å²) >= 11 is 0. The fraction of sp³-hybridized carbons (Fsp3) is 0.385. The van der Waals surface area contributed by atoms with Crippen LogP contribution in [-0.2, 0) is 0 Å². The molecule has 1 aromatic heterocycles. The molecule has 1 heterocycles.